The summed E-state index contributed by atoms with van der Waals surface area (Å²) in [6, 6.07) is 16.3. The van der Waals surface area contributed by atoms with Crippen molar-refractivity contribution in [2.45, 2.75) is 38.1 Å². The van der Waals surface area contributed by atoms with Gasteiger partial charge in [0.05, 0.1) is 17.6 Å². The van der Waals surface area contributed by atoms with Gasteiger partial charge in [0.1, 0.15) is 5.75 Å². The van der Waals surface area contributed by atoms with Crippen LogP contribution < -0.4 is 4.74 Å². The smallest absolute Gasteiger partial charge is 0.226 e. The van der Waals surface area contributed by atoms with Crippen LogP contribution in [0.15, 0.2) is 53.0 Å². The Morgan fingerprint density at radius 3 is 2.61 bits per heavy atom. The third-order valence-electron chi connectivity index (χ3n) is 5.72. The zero-order valence-corrected chi connectivity index (χ0v) is 18.1. The van der Waals surface area contributed by atoms with E-state index in [0.29, 0.717) is 18.9 Å². The number of carbonyl (C=O) groups is 1. The average molecular weight is 446 g/mol. The van der Waals surface area contributed by atoms with Gasteiger partial charge in [-0.05, 0) is 71.3 Å². The number of hydrogen-bond acceptors (Lipinski definition) is 3. The number of carbonyl (C=O) groups excluding carboxylic acids is 1. The zero-order chi connectivity index (χ0) is 20.1. The molecule has 1 unspecified atom stereocenters. The van der Waals surface area contributed by atoms with E-state index >= 15 is 0 Å². The fourth-order valence-corrected chi connectivity index (χ4v) is 4.31. The number of aliphatic hydroxyl groups excluding tert-OH is 1. The van der Waals surface area contributed by atoms with Gasteiger partial charge in [0.15, 0.2) is 0 Å². The van der Waals surface area contributed by atoms with Crippen molar-refractivity contribution in [1.82, 2.24) is 4.90 Å². The molecule has 4 nitrogen and oxygen atoms in total. The Morgan fingerprint density at radius 1 is 1.25 bits per heavy atom. The number of nitrogens with zero attached hydrogens (tertiary/aromatic N) is 1. The molecule has 2 aromatic rings. The summed E-state index contributed by atoms with van der Waals surface area (Å²) in [4.78, 5) is 15.2. The first kappa shape index (κ1) is 20.9. The van der Waals surface area contributed by atoms with Crippen LogP contribution in [0.4, 0.5) is 0 Å². The van der Waals surface area contributed by atoms with E-state index in [0.717, 1.165) is 28.6 Å². The van der Waals surface area contributed by atoms with Crippen LogP contribution in [0.5, 0.6) is 5.75 Å². The molecular formula is C23H28BrNO3. The number of methoxy groups -OCH3 is 1. The number of rotatable bonds is 8. The van der Waals surface area contributed by atoms with E-state index in [-0.39, 0.29) is 24.5 Å². The minimum atomic E-state index is 0.00655. The van der Waals surface area contributed by atoms with Gasteiger partial charge < -0.3 is 14.7 Å². The van der Waals surface area contributed by atoms with Crippen molar-refractivity contribution in [2.75, 3.05) is 20.3 Å². The van der Waals surface area contributed by atoms with E-state index in [2.05, 4.69) is 47.1 Å². The summed E-state index contributed by atoms with van der Waals surface area (Å²) in [6.07, 6.45) is 2.32. The Balaban J connectivity index is 1.67. The number of benzene rings is 2. The summed E-state index contributed by atoms with van der Waals surface area (Å²) in [5, 5.41) is 9.27. The first-order valence-electron chi connectivity index (χ1n) is 9.84. The third-order valence-corrected chi connectivity index (χ3v) is 6.38. The number of amides is 1. The van der Waals surface area contributed by atoms with E-state index < -0.39 is 0 Å². The Bertz CT molecular complexity index is 790. The van der Waals surface area contributed by atoms with Crippen molar-refractivity contribution >= 4 is 21.8 Å². The number of halogens is 1. The molecule has 1 N–H and O–H groups in total. The molecule has 2 aromatic carbocycles. The zero-order valence-electron chi connectivity index (χ0n) is 16.5. The van der Waals surface area contributed by atoms with Crippen LogP contribution in [0, 0.1) is 5.92 Å². The molecule has 1 atom stereocenters. The highest BCUT2D eigenvalue weighted by atomic mass is 79.9. The van der Waals surface area contributed by atoms with Gasteiger partial charge in [-0.25, -0.2) is 0 Å². The molecule has 0 saturated heterocycles. The van der Waals surface area contributed by atoms with Crippen LogP contribution in [-0.4, -0.2) is 36.2 Å². The fraction of sp³-hybridized carbons (Fsp3) is 0.435. The largest absolute Gasteiger partial charge is 0.496 e. The third kappa shape index (κ3) is 4.58. The fourth-order valence-electron chi connectivity index (χ4n) is 3.90. The van der Waals surface area contributed by atoms with Crippen LogP contribution in [0.1, 0.15) is 49.3 Å². The van der Waals surface area contributed by atoms with Crippen LogP contribution in [0.2, 0.25) is 0 Å². The first-order chi connectivity index (χ1) is 13.5. The highest BCUT2D eigenvalue weighted by Gasteiger charge is 2.38. The summed E-state index contributed by atoms with van der Waals surface area (Å²) in [5.74, 6) is 1.46. The Labute approximate surface area is 175 Å². The molecule has 1 saturated carbocycles. The van der Waals surface area contributed by atoms with E-state index in [1.807, 2.05) is 29.2 Å². The van der Waals surface area contributed by atoms with E-state index in [1.54, 1.807) is 7.11 Å². The first-order valence-corrected chi connectivity index (χ1v) is 10.6. The number of ether oxygens (including phenoxy) is 1. The summed E-state index contributed by atoms with van der Waals surface area (Å²) in [7, 11) is 1.67. The lowest BCUT2D eigenvalue weighted by Gasteiger charge is -2.40. The maximum Gasteiger partial charge on any atom is 0.226 e. The van der Waals surface area contributed by atoms with Gasteiger partial charge in [-0.1, -0.05) is 36.4 Å². The van der Waals surface area contributed by atoms with Crippen molar-refractivity contribution in [3.8, 4) is 5.75 Å². The van der Waals surface area contributed by atoms with E-state index in [1.165, 1.54) is 5.56 Å². The van der Waals surface area contributed by atoms with Crippen LogP contribution in [0.25, 0.3) is 0 Å². The summed E-state index contributed by atoms with van der Waals surface area (Å²) in [6.45, 7) is 2.75. The molecule has 28 heavy (non-hydrogen) atoms. The van der Waals surface area contributed by atoms with Gasteiger partial charge in [0.25, 0.3) is 0 Å². The topological polar surface area (TPSA) is 49.8 Å². The molecule has 5 heteroatoms. The van der Waals surface area contributed by atoms with Crippen molar-refractivity contribution in [3.05, 3.63) is 64.1 Å². The Kier molecular flexibility index (Phi) is 7.13. The lowest BCUT2D eigenvalue weighted by molar-refractivity contribution is -0.141. The number of hydrogen-bond donors (Lipinski definition) is 1. The predicted octanol–water partition coefficient (Wildman–Crippen LogP) is 4.92. The summed E-state index contributed by atoms with van der Waals surface area (Å²) >= 11 is 3.49. The molecule has 1 aliphatic carbocycles. The predicted molar refractivity (Wildman–Crippen MR) is 114 cm³/mol. The van der Waals surface area contributed by atoms with Crippen molar-refractivity contribution in [3.63, 3.8) is 0 Å². The lowest BCUT2D eigenvalue weighted by Crippen LogP contribution is -2.43. The minimum absolute atomic E-state index is 0.00655. The molecule has 3 rings (SSSR count). The normalized spacial score (nSPS) is 19.6. The molecular weight excluding hydrogens is 418 g/mol. The lowest BCUT2D eigenvalue weighted by atomic mass is 9.70. The molecule has 1 amide bonds. The molecule has 0 aliphatic heterocycles. The van der Waals surface area contributed by atoms with E-state index in [4.69, 9.17) is 4.74 Å². The van der Waals surface area contributed by atoms with E-state index in [9.17, 15) is 9.90 Å². The maximum absolute atomic E-state index is 13.2. The molecule has 0 aromatic heterocycles. The molecule has 0 spiro atoms. The molecule has 1 aliphatic rings. The second-order valence-corrected chi connectivity index (χ2v) is 8.31. The molecule has 150 valence electrons. The number of aliphatic hydroxyl groups is 1. The highest BCUT2D eigenvalue weighted by molar-refractivity contribution is 9.10. The van der Waals surface area contributed by atoms with Crippen LogP contribution >= 0.6 is 15.9 Å². The Hall–Kier alpha value is -1.85. The molecule has 0 bridgehead atoms. The Morgan fingerprint density at radius 2 is 1.96 bits per heavy atom. The average Bonchev–Trinajstić information content (AvgIpc) is 2.68. The van der Waals surface area contributed by atoms with Gasteiger partial charge in [-0.3, -0.25) is 4.79 Å². The van der Waals surface area contributed by atoms with Crippen LogP contribution in [0.3, 0.4) is 0 Å². The second kappa shape index (κ2) is 9.57. The molecule has 1 fully saturated rings. The van der Waals surface area contributed by atoms with Crippen LogP contribution in [-0.2, 0) is 4.79 Å². The van der Waals surface area contributed by atoms with Crippen molar-refractivity contribution < 1.29 is 14.6 Å². The van der Waals surface area contributed by atoms with Gasteiger partial charge >= 0.3 is 0 Å². The van der Waals surface area contributed by atoms with Gasteiger partial charge in [0.2, 0.25) is 5.91 Å². The minimum Gasteiger partial charge on any atom is -0.496 e. The SMILES string of the molecule is COc1cc(C2CC(C(=O)N(CCCO)C(C)c3ccccc3)C2)ccc1Br. The van der Waals surface area contributed by atoms with Gasteiger partial charge in [-0.2, -0.15) is 0 Å². The maximum atomic E-state index is 13.2. The molecule has 0 radical (unpaired) electrons. The monoisotopic (exact) mass is 445 g/mol. The van der Waals surface area contributed by atoms with Gasteiger partial charge in [0, 0.05) is 19.1 Å². The standard InChI is InChI=1S/C23H28BrNO3/c1-16(17-7-4-3-5-8-17)25(11-6-12-26)23(27)20-13-19(14-20)18-9-10-21(24)22(15-18)28-2/h3-5,7-10,15-16,19-20,26H,6,11-14H2,1-2H3. The quantitative estimate of drug-likeness (QED) is 0.626. The van der Waals surface area contributed by atoms with Crippen molar-refractivity contribution in [2.24, 2.45) is 5.92 Å². The second-order valence-electron chi connectivity index (χ2n) is 7.45. The van der Waals surface area contributed by atoms with Crippen molar-refractivity contribution in [1.29, 1.82) is 0 Å². The molecule has 0 heterocycles. The highest BCUT2D eigenvalue weighted by Crippen LogP contribution is 2.44. The summed E-state index contributed by atoms with van der Waals surface area (Å²) < 4.78 is 6.34. The summed E-state index contributed by atoms with van der Waals surface area (Å²) in [5.41, 5.74) is 2.35. The van der Waals surface area contributed by atoms with Gasteiger partial charge in [-0.15, -0.1) is 0 Å².